The van der Waals surface area contributed by atoms with E-state index in [0.717, 1.165) is 51.1 Å². The van der Waals surface area contributed by atoms with Gasteiger partial charge in [-0.1, -0.05) is 44.2 Å². The number of nitrogens with zero attached hydrogens (tertiary/aromatic N) is 2. The smallest absolute Gasteiger partial charge is 0.257 e. The van der Waals surface area contributed by atoms with E-state index < -0.39 is 0 Å². The number of nitrogens with one attached hydrogen (secondary N) is 2. The average Bonchev–Trinajstić information content (AvgIpc) is 2.95. The maximum absolute atomic E-state index is 15.3. The highest BCUT2D eigenvalue weighted by Crippen LogP contribution is 2.38. The Labute approximate surface area is 241 Å². The quantitative estimate of drug-likeness (QED) is 0.245. The molecule has 41 heavy (non-hydrogen) atoms. The Morgan fingerprint density at radius 1 is 1.02 bits per heavy atom. The molecule has 6 nitrogen and oxygen atoms in total. The molecule has 1 aromatic heterocycles. The van der Waals surface area contributed by atoms with Crippen LogP contribution in [0.15, 0.2) is 60.8 Å². The van der Waals surface area contributed by atoms with Crippen LogP contribution in [0.2, 0.25) is 0 Å². The fourth-order valence-electron chi connectivity index (χ4n) is 5.48. The van der Waals surface area contributed by atoms with Crippen molar-refractivity contribution in [3.63, 3.8) is 0 Å². The number of hydrogen-bond acceptors (Lipinski definition) is 5. The number of halogens is 1. The van der Waals surface area contributed by atoms with Crippen molar-refractivity contribution in [3.05, 3.63) is 94.4 Å². The van der Waals surface area contributed by atoms with Crippen molar-refractivity contribution in [2.45, 2.75) is 46.7 Å². The van der Waals surface area contributed by atoms with Gasteiger partial charge in [-0.25, -0.2) is 9.37 Å². The van der Waals surface area contributed by atoms with Crippen molar-refractivity contribution in [2.24, 2.45) is 0 Å². The summed E-state index contributed by atoms with van der Waals surface area (Å²) in [6, 6.07) is 17.8. The average molecular weight is 553 g/mol. The lowest BCUT2D eigenvalue weighted by Gasteiger charge is -2.26. The number of hydrogen-bond donors (Lipinski definition) is 2. The molecule has 0 saturated carbocycles. The zero-order valence-corrected chi connectivity index (χ0v) is 24.6. The molecular weight excluding hydrogens is 515 g/mol. The van der Waals surface area contributed by atoms with Crippen LogP contribution in [0, 0.1) is 19.7 Å². The number of methoxy groups -OCH3 is 1. The normalized spacial score (nSPS) is 13.0. The van der Waals surface area contributed by atoms with Crippen LogP contribution in [0.25, 0.3) is 22.3 Å². The number of carbonyl (C=O) groups is 1. The molecule has 212 valence electrons. The van der Waals surface area contributed by atoms with Crippen LogP contribution < -0.4 is 15.4 Å². The van der Waals surface area contributed by atoms with E-state index in [1.807, 2.05) is 57.3 Å². The number of benzene rings is 3. The van der Waals surface area contributed by atoms with E-state index in [2.05, 4.69) is 41.6 Å². The third-order valence-corrected chi connectivity index (χ3v) is 7.90. The molecule has 0 fully saturated rings. The lowest BCUT2D eigenvalue weighted by Crippen LogP contribution is -2.34. The molecule has 1 amide bonds. The van der Waals surface area contributed by atoms with E-state index in [1.165, 1.54) is 0 Å². The van der Waals surface area contributed by atoms with Crippen molar-refractivity contribution < 1.29 is 13.9 Å². The number of aromatic nitrogens is 1. The van der Waals surface area contributed by atoms with Crippen LogP contribution in [0.3, 0.4) is 0 Å². The third kappa shape index (κ3) is 5.55. The molecule has 2 heterocycles. The summed E-state index contributed by atoms with van der Waals surface area (Å²) in [6.07, 6.45) is 2.56. The van der Waals surface area contributed by atoms with Gasteiger partial charge in [-0.15, -0.1) is 0 Å². The molecule has 0 spiro atoms. The fraction of sp³-hybridized carbons (Fsp3) is 0.294. The monoisotopic (exact) mass is 552 g/mol. The standard InChI is InChI=1S/C34H37FN4O2/c1-20(2)37-19-28-29(35)17-24(18-31(28)41-6)25-9-7-10-26(21(25)3)27-11-8-12-30(22(27)4)38-33-32-23(13-15-36-33)14-16-39(5)34(32)40/h7-13,15,17-18,20,37H,14,16,19H2,1-6H3,(H,36,38). The lowest BCUT2D eigenvalue weighted by molar-refractivity contribution is 0.0781. The minimum atomic E-state index is -0.293. The molecule has 1 aliphatic heterocycles. The minimum Gasteiger partial charge on any atom is -0.496 e. The number of likely N-dealkylation sites (N-methyl/N-ethyl adjacent to an activating group) is 1. The highest BCUT2D eigenvalue weighted by molar-refractivity contribution is 6.01. The van der Waals surface area contributed by atoms with E-state index in [4.69, 9.17) is 4.74 Å². The van der Waals surface area contributed by atoms with E-state index in [-0.39, 0.29) is 17.8 Å². The molecule has 0 aliphatic carbocycles. The van der Waals surface area contributed by atoms with Gasteiger partial charge in [0.05, 0.1) is 12.7 Å². The maximum atomic E-state index is 15.3. The highest BCUT2D eigenvalue weighted by Gasteiger charge is 2.26. The summed E-state index contributed by atoms with van der Waals surface area (Å²) in [5.74, 6) is 0.782. The summed E-state index contributed by atoms with van der Waals surface area (Å²) < 4.78 is 20.9. The van der Waals surface area contributed by atoms with E-state index in [9.17, 15) is 4.79 Å². The second-order valence-electron chi connectivity index (χ2n) is 10.9. The van der Waals surface area contributed by atoms with Crippen molar-refractivity contribution in [1.29, 1.82) is 0 Å². The van der Waals surface area contributed by atoms with E-state index >= 15 is 4.39 Å². The van der Waals surface area contributed by atoms with Crippen LogP contribution in [0.4, 0.5) is 15.9 Å². The van der Waals surface area contributed by atoms with Crippen molar-refractivity contribution in [3.8, 4) is 28.0 Å². The molecule has 2 N–H and O–H groups in total. The largest absolute Gasteiger partial charge is 0.496 e. The van der Waals surface area contributed by atoms with Gasteiger partial charge in [0.2, 0.25) is 0 Å². The van der Waals surface area contributed by atoms with Crippen molar-refractivity contribution in [2.75, 3.05) is 26.0 Å². The summed E-state index contributed by atoms with van der Waals surface area (Å²) in [6.45, 7) is 9.28. The van der Waals surface area contributed by atoms with Gasteiger partial charge in [0.1, 0.15) is 17.4 Å². The van der Waals surface area contributed by atoms with Gasteiger partial charge in [0.15, 0.2) is 0 Å². The Morgan fingerprint density at radius 3 is 2.46 bits per heavy atom. The molecule has 0 atom stereocenters. The molecule has 0 saturated heterocycles. The Morgan fingerprint density at radius 2 is 1.73 bits per heavy atom. The topological polar surface area (TPSA) is 66.5 Å². The van der Waals surface area contributed by atoms with Gasteiger partial charge < -0.3 is 20.3 Å². The van der Waals surface area contributed by atoms with Crippen LogP contribution >= 0.6 is 0 Å². The molecule has 3 aromatic carbocycles. The molecule has 0 unspecified atom stereocenters. The molecule has 4 aromatic rings. The Kier molecular flexibility index (Phi) is 8.08. The fourth-order valence-corrected chi connectivity index (χ4v) is 5.48. The van der Waals surface area contributed by atoms with E-state index in [1.54, 1.807) is 24.3 Å². The van der Waals surface area contributed by atoms with Gasteiger partial charge in [-0.2, -0.15) is 0 Å². The first-order chi connectivity index (χ1) is 19.7. The van der Waals surface area contributed by atoms with Crippen molar-refractivity contribution >= 4 is 17.4 Å². The molecule has 1 aliphatic rings. The first kappa shape index (κ1) is 28.3. The van der Waals surface area contributed by atoms with Gasteiger partial charge in [0.25, 0.3) is 5.91 Å². The number of ether oxygens (including phenoxy) is 1. The summed E-state index contributed by atoms with van der Waals surface area (Å²) in [4.78, 5) is 19.2. The van der Waals surface area contributed by atoms with Crippen LogP contribution in [-0.4, -0.2) is 42.5 Å². The van der Waals surface area contributed by atoms with Gasteiger partial charge >= 0.3 is 0 Å². The lowest BCUT2D eigenvalue weighted by atomic mass is 9.90. The minimum absolute atomic E-state index is 0.0205. The summed E-state index contributed by atoms with van der Waals surface area (Å²) >= 11 is 0. The summed E-state index contributed by atoms with van der Waals surface area (Å²) in [7, 11) is 3.40. The van der Waals surface area contributed by atoms with Gasteiger partial charge in [0, 0.05) is 43.6 Å². The molecule has 0 bridgehead atoms. The number of amides is 1. The Bertz CT molecular complexity index is 1620. The molecule has 5 rings (SSSR count). The third-order valence-electron chi connectivity index (χ3n) is 7.90. The van der Waals surface area contributed by atoms with Crippen LogP contribution in [0.1, 0.15) is 46.5 Å². The number of fused-ring (bicyclic) bond motifs is 1. The first-order valence-corrected chi connectivity index (χ1v) is 14.0. The Balaban J connectivity index is 1.52. The number of pyridine rings is 1. The zero-order valence-electron chi connectivity index (χ0n) is 24.6. The molecule has 0 radical (unpaired) electrons. The van der Waals surface area contributed by atoms with Crippen LogP contribution in [0.5, 0.6) is 5.75 Å². The molecular formula is C34H37FN4O2. The summed E-state index contributed by atoms with van der Waals surface area (Å²) in [5.41, 5.74) is 8.91. The van der Waals surface area contributed by atoms with Crippen molar-refractivity contribution in [1.82, 2.24) is 15.2 Å². The zero-order chi connectivity index (χ0) is 29.3. The van der Waals surface area contributed by atoms with Gasteiger partial charge in [-0.05, 0) is 83.5 Å². The number of rotatable bonds is 8. The molecule has 7 heteroatoms. The van der Waals surface area contributed by atoms with Gasteiger partial charge in [-0.3, -0.25) is 4.79 Å². The second-order valence-corrected chi connectivity index (χ2v) is 10.9. The van der Waals surface area contributed by atoms with Crippen LogP contribution in [-0.2, 0) is 13.0 Å². The first-order valence-electron chi connectivity index (χ1n) is 14.0. The highest BCUT2D eigenvalue weighted by atomic mass is 19.1. The predicted octanol–water partition coefficient (Wildman–Crippen LogP) is 7.05. The number of carbonyl (C=O) groups excluding carboxylic acids is 1. The SMILES string of the molecule is COc1cc(-c2cccc(-c3cccc(Nc4nccc5c4C(=O)N(C)CC5)c3C)c2C)cc(F)c1CNC(C)C. The number of anilines is 2. The maximum Gasteiger partial charge on any atom is 0.257 e. The predicted molar refractivity (Wildman–Crippen MR) is 163 cm³/mol. The summed E-state index contributed by atoms with van der Waals surface area (Å²) in [5, 5.41) is 6.72. The second kappa shape index (κ2) is 11.7. The van der Waals surface area contributed by atoms with E-state index in [0.29, 0.717) is 35.8 Å². The Hall–Kier alpha value is -4.23.